The molecule has 2 aromatic rings. The van der Waals surface area contributed by atoms with Crippen molar-refractivity contribution in [3.8, 4) is 11.4 Å². The van der Waals surface area contributed by atoms with Crippen molar-refractivity contribution < 1.29 is 4.74 Å². The first kappa shape index (κ1) is 20.3. The van der Waals surface area contributed by atoms with E-state index in [0.717, 1.165) is 37.8 Å². The van der Waals surface area contributed by atoms with Gasteiger partial charge in [0, 0.05) is 44.4 Å². The molecular weight excluding hydrogens is 364 g/mol. The minimum atomic E-state index is -0.140. The molecule has 0 bridgehead atoms. The van der Waals surface area contributed by atoms with Crippen LogP contribution in [0, 0.1) is 0 Å². The van der Waals surface area contributed by atoms with Crippen LogP contribution in [0.2, 0.25) is 0 Å². The Morgan fingerprint density at radius 2 is 1.93 bits per heavy atom. The van der Waals surface area contributed by atoms with Gasteiger partial charge in [-0.15, -0.1) is 0 Å². The topological polar surface area (TPSA) is 61.5 Å². The third kappa shape index (κ3) is 5.13. The molecule has 156 valence electrons. The highest BCUT2D eigenvalue weighted by molar-refractivity contribution is 5.60. The Morgan fingerprint density at radius 1 is 1.10 bits per heavy atom. The molecule has 29 heavy (non-hydrogen) atoms. The number of ether oxygens (including phenoxy) is 1. The predicted octanol–water partition coefficient (Wildman–Crippen LogP) is 3.03. The maximum absolute atomic E-state index is 12.1. The number of aromatic nitrogens is 2. The van der Waals surface area contributed by atoms with Crippen molar-refractivity contribution in [2.24, 2.45) is 0 Å². The summed E-state index contributed by atoms with van der Waals surface area (Å²) in [4.78, 5) is 24.9. The Kier molecular flexibility index (Phi) is 6.74. The zero-order valence-corrected chi connectivity index (χ0v) is 17.4. The predicted molar refractivity (Wildman–Crippen MR) is 115 cm³/mol. The first-order chi connectivity index (χ1) is 14.2. The van der Waals surface area contributed by atoms with Crippen LogP contribution in [0.5, 0.6) is 0 Å². The molecule has 1 aliphatic carbocycles. The average molecular weight is 397 g/mol. The van der Waals surface area contributed by atoms with Gasteiger partial charge >= 0.3 is 0 Å². The third-order valence-corrected chi connectivity index (χ3v) is 6.22. The van der Waals surface area contributed by atoms with E-state index in [0.29, 0.717) is 18.1 Å². The summed E-state index contributed by atoms with van der Waals surface area (Å²) >= 11 is 0. The summed E-state index contributed by atoms with van der Waals surface area (Å²) in [5.74, 6) is 0.627. The lowest BCUT2D eigenvalue weighted by Gasteiger charge is -2.27. The summed E-state index contributed by atoms with van der Waals surface area (Å²) in [6.07, 6.45) is 6.76. The number of H-pyrrole nitrogens is 1. The normalized spacial score (nSPS) is 19.5. The van der Waals surface area contributed by atoms with E-state index in [1.165, 1.54) is 50.3 Å². The Morgan fingerprint density at radius 3 is 2.76 bits per heavy atom. The van der Waals surface area contributed by atoms with Gasteiger partial charge in [-0.1, -0.05) is 37.1 Å². The number of hydrogen-bond donors (Lipinski definition) is 1. The minimum absolute atomic E-state index is 0.140. The SMILES string of the molecule is COCc1cc(=O)[nH]c(-c2ccccc2CN2CCCN(C3CCCC3)CC2)n1. The molecule has 1 saturated heterocycles. The van der Waals surface area contributed by atoms with Crippen molar-refractivity contribution in [3.05, 3.63) is 51.9 Å². The van der Waals surface area contributed by atoms with E-state index in [9.17, 15) is 4.79 Å². The molecule has 6 heteroatoms. The second-order valence-electron chi connectivity index (χ2n) is 8.28. The van der Waals surface area contributed by atoms with Crippen molar-refractivity contribution in [1.82, 2.24) is 19.8 Å². The molecule has 1 aliphatic heterocycles. The summed E-state index contributed by atoms with van der Waals surface area (Å²) < 4.78 is 5.16. The number of rotatable bonds is 6. The van der Waals surface area contributed by atoms with Crippen molar-refractivity contribution in [1.29, 1.82) is 0 Å². The van der Waals surface area contributed by atoms with E-state index < -0.39 is 0 Å². The van der Waals surface area contributed by atoms with Crippen molar-refractivity contribution in [3.63, 3.8) is 0 Å². The second kappa shape index (κ2) is 9.65. The number of benzene rings is 1. The number of nitrogens with zero attached hydrogens (tertiary/aromatic N) is 3. The van der Waals surface area contributed by atoms with Crippen molar-refractivity contribution >= 4 is 0 Å². The van der Waals surface area contributed by atoms with Crippen LogP contribution >= 0.6 is 0 Å². The highest BCUT2D eigenvalue weighted by Gasteiger charge is 2.25. The van der Waals surface area contributed by atoms with Crippen LogP contribution in [0.1, 0.15) is 43.4 Å². The fourth-order valence-corrected chi connectivity index (χ4v) is 4.77. The van der Waals surface area contributed by atoms with Gasteiger partial charge in [-0.3, -0.25) is 14.6 Å². The van der Waals surface area contributed by atoms with Gasteiger partial charge in [-0.25, -0.2) is 4.98 Å². The number of aromatic amines is 1. The quantitative estimate of drug-likeness (QED) is 0.813. The second-order valence-corrected chi connectivity index (χ2v) is 8.28. The van der Waals surface area contributed by atoms with Gasteiger partial charge < -0.3 is 9.72 Å². The summed E-state index contributed by atoms with van der Waals surface area (Å²) in [6.45, 7) is 5.81. The summed E-state index contributed by atoms with van der Waals surface area (Å²) in [5.41, 5.74) is 2.72. The molecule has 6 nitrogen and oxygen atoms in total. The van der Waals surface area contributed by atoms with Gasteiger partial charge in [-0.2, -0.15) is 0 Å². The van der Waals surface area contributed by atoms with E-state index in [-0.39, 0.29) is 5.56 Å². The number of hydrogen-bond acceptors (Lipinski definition) is 5. The lowest BCUT2D eigenvalue weighted by Crippen LogP contribution is -2.36. The zero-order valence-electron chi connectivity index (χ0n) is 17.4. The Bertz CT molecular complexity index is 860. The van der Waals surface area contributed by atoms with Gasteiger partial charge in [0.1, 0.15) is 5.82 Å². The maximum atomic E-state index is 12.1. The van der Waals surface area contributed by atoms with Crippen LogP contribution in [-0.4, -0.2) is 59.1 Å². The van der Waals surface area contributed by atoms with Gasteiger partial charge in [0.2, 0.25) is 0 Å². The molecule has 0 radical (unpaired) electrons. The molecule has 2 heterocycles. The molecule has 1 aromatic heterocycles. The third-order valence-electron chi connectivity index (χ3n) is 6.22. The highest BCUT2D eigenvalue weighted by atomic mass is 16.5. The van der Waals surface area contributed by atoms with Crippen LogP contribution in [0.25, 0.3) is 11.4 Å². The first-order valence-electron chi connectivity index (χ1n) is 10.9. The fraction of sp³-hybridized carbons (Fsp3) is 0.565. The summed E-state index contributed by atoms with van der Waals surface area (Å²) in [6, 6.07) is 10.6. The van der Waals surface area contributed by atoms with E-state index >= 15 is 0 Å². The summed E-state index contributed by atoms with van der Waals surface area (Å²) in [5, 5.41) is 0. The van der Waals surface area contributed by atoms with E-state index in [1.807, 2.05) is 12.1 Å². The van der Waals surface area contributed by atoms with E-state index in [4.69, 9.17) is 4.74 Å². The molecule has 0 spiro atoms. The molecule has 2 aliphatic rings. The van der Waals surface area contributed by atoms with Crippen molar-refractivity contribution in [2.75, 3.05) is 33.3 Å². The monoisotopic (exact) mass is 396 g/mol. The highest BCUT2D eigenvalue weighted by Crippen LogP contribution is 2.25. The molecule has 0 unspecified atom stereocenters. The van der Waals surface area contributed by atoms with Crippen LogP contribution in [0.3, 0.4) is 0 Å². The molecular formula is C23H32N4O2. The average Bonchev–Trinajstić information content (AvgIpc) is 3.15. The molecule has 0 amide bonds. The van der Waals surface area contributed by atoms with Crippen LogP contribution in [-0.2, 0) is 17.9 Å². The Labute approximate surface area is 172 Å². The van der Waals surface area contributed by atoms with Gasteiger partial charge in [0.15, 0.2) is 0 Å². The van der Waals surface area contributed by atoms with Gasteiger partial charge in [-0.05, 0) is 37.9 Å². The molecule has 4 rings (SSSR count). The zero-order chi connectivity index (χ0) is 20.1. The van der Waals surface area contributed by atoms with Crippen molar-refractivity contribution in [2.45, 2.75) is 51.3 Å². The van der Waals surface area contributed by atoms with E-state index in [2.05, 4.69) is 31.9 Å². The van der Waals surface area contributed by atoms with Crippen LogP contribution in [0.4, 0.5) is 0 Å². The Balaban J connectivity index is 1.49. The maximum Gasteiger partial charge on any atom is 0.251 e. The molecule has 2 fully saturated rings. The van der Waals surface area contributed by atoms with Gasteiger partial charge in [0.05, 0.1) is 12.3 Å². The lowest BCUT2D eigenvalue weighted by molar-refractivity contribution is 0.181. The first-order valence-corrected chi connectivity index (χ1v) is 10.9. The smallest absolute Gasteiger partial charge is 0.251 e. The lowest BCUT2D eigenvalue weighted by atomic mass is 10.1. The largest absolute Gasteiger partial charge is 0.378 e. The Hall–Kier alpha value is -2.02. The van der Waals surface area contributed by atoms with Crippen LogP contribution in [0.15, 0.2) is 35.1 Å². The van der Waals surface area contributed by atoms with Crippen LogP contribution < -0.4 is 5.56 Å². The molecule has 1 saturated carbocycles. The standard InChI is InChI=1S/C23H32N4O2/c1-29-17-19-15-22(28)25-23(24-19)21-10-5-2-7-18(21)16-26-11-6-12-27(14-13-26)20-8-3-4-9-20/h2,5,7,10,15,20H,3-4,6,8-9,11-14,16-17H2,1H3,(H,24,25,28). The number of methoxy groups -OCH3 is 1. The summed E-state index contributed by atoms with van der Waals surface area (Å²) in [7, 11) is 1.62. The van der Waals surface area contributed by atoms with E-state index in [1.54, 1.807) is 7.11 Å². The fourth-order valence-electron chi connectivity index (χ4n) is 4.77. The number of nitrogens with one attached hydrogen (secondary N) is 1. The molecule has 0 atom stereocenters. The van der Waals surface area contributed by atoms with Gasteiger partial charge in [0.25, 0.3) is 5.56 Å². The molecule has 1 aromatic carbocycles. The molecule has 1 N–H and O–H groups in total. The minimum Gasteiger partial charge on any atom is -0.378 e.